The molecule has 0 bridgehead atoms. The molecule has 1 amide bonds. The van der Waals surface area contributed by atoms with Crippen molar-refractivity contribution in [1.82, 2.24) is 4.98 Å². The van der Waals surface area contributed by atoms with Crippen LogP contribution in [0.25, 0.3) is 0 Å². The summed E-state index contributed by atoms with van der Waals surface area (Å²) in [4.78, 5) is 15.7. The van der Waals surface area contributed by atoms with Gasteiger partial charge in [0.15, 0.2) is 0 Å². The Morgan fingerprint density at radius 1 is 1.39 bits per heavy atom. The third kappa shape index (κ3) is 3.30. The van der Waals surface area contributed by atoms with Crippen LogP contribution >= 0.6 is 11.3 Å². The maximum absolute atomic E-state index is 10.2. The van der Waals surface area contributed by atoms with Gasteiger partial charge >= 0.3 is 0 Å². The number of aryl methyl sites for hydroxylation is 1. The normalized spacial score (nSPS) is 10.1. The van der Waals surface area contributed by atoms with E-state index in [1.54, 1.807) is 11.3 Å². The monoisotopic (exact) mass is 262 g/mol. The Morgan fingerprint density at radius 3 is 2.78 bits per heavy atom. The van der Waals surface area contributed by atoms with E-state index in [4.69, 9.17) is 4.74 Å². The van der Waals surface area contributed by atoms with Gasteiger partial charge in [0.1, 0.15) is 5.75 Å². The number of rotatable bonds is 6. The maximum atomic E-state index is 10.2. The molecule has 0 fully saturated rings. The molecule has 4 nitrogen and oxygen atoms in total. The summed E-state index contributed by atoms with van der Waals surface area (Å²) in [6.07, 6.45) is 1.52. The van der Waals surface area contributed by atoms with Gasteiger partial charge in [-0.1, -0.05) is 0 Å². The van der Waals surface area contributed by atoms with Crippen LogP contribution in [0.5, 0.6) is 5.75 Å². The average molecular weight is 262 g/mol. The van der Waals surface area contributed by atoms with Crippen LogP contribution in [0.1, 0.15) is 10.6 Å². The molecular weight excluding hydrogens is 248 g/mol. The van der Waals surface area contributed by atoms with Gasteiger partial charge in [0.05, 0.1) is 17.8 Å². The van der Waals surface area contributed by atoms with Crippen molar-refractivity contribution in [3.05, 3.63) is 40.3 Å². The minimum atomic E-state index is 0.628. The molecule has 0 atom stereocenters. The largest absolute Gasteiger partial charge is 0.493 e. The number of hydrogen-bond acceptors (Lipinski definition) is 4. The van der Waals surface area contributed by atoms with Crippen molar-refractivity contribution in [3.8, 4) is 5.75 Å². The molecule has 2 rings (SSSR count). The third-order valence-corrected chi connectivity index (χ3v) is 3.52. The lowest BCUT2D eigenvalue weighted by atomic mass is 10.3. The highest BCUT2D eigenvalue weighted by Gasteiger charge is 2.01. The highest BCUT2D eigenvalue weighted by molar-refractivity contribution is 7.09. The average Bonchev–Trinajstić information content (AvgIpc) is 2.78. The van der Waals surface area contributed by atoms with Gasteiger partial charge < -0.3 is 10.1 Å². The predicted molar refractivity (Wildman–Crippen MR) is 72.2 cm³/mol. The molecule has 1 aromatic heterocycles. The van der Waals surface area contributed by atoms with Crippen LogP contribution in [0.3, 0.4) is 0 Å². The van der Waals surface area contributed by atoms with E-state index in [0.29, 0.717) is 13.0 Å². The molecule has 2 aromatic rings. The predicted octanol–water partition coefficient (Wildman–Crippen LogP) is 2.64. The highest BCUT2D eigenvalue weighted by Crippen LogP contribution is 2.17. The number of benzene rings is 1. The number of anilines is 1. The molecule has 1 heterocycles. The molecule has 0 spiro atoms. The van der Waals surface area contributed by atoms with Crippen molar-refractivity contribution < 1.29 is 9.53 Å². The van der Waals surface area contributed by atoms with Crippen LogP contribution in [0.4, 0.5) is 5.69 Å². The van der Waals surface area contributed by atoms with Crippen LogP contribution in [-0.2, 0) is 11.2 Å². The van der Waals surface area contributed by atoms with Gasteiger partial charge in [-0.05, 0) is 31.2 Å². The van der Waals surface area contributed by atoms with E-state index < -0.39 is 0 Å². The molecule has 0 radical (unpaired) electrons. The first-order chi connectivity index (χ1) is 8.79. The standard InChI is InChI=1S/C13H14N2O2S/c1-10-13(18-9-15-10)6-7-17-12-4-2-11(3-5-12)14-8-16/h2-5,8-9H,6-7H2,1H3,(H,14,16). The number of nitrogens with one attached hydrogen (secondary N) is 1. The first-order valence-corrected chi connectivity index (χ1v) is 6.49. The van der Waals surface area contributed by atoms with E-state index in [1.165, 1.54) is 4.88 Å². The fourth-order valence-corrected chi connectivity index (χ4v) is 2.31. The molecular formula is C13H14N2O2S. The van der Waals surface area contributed by atoms with Crippen LogP contribution in [0, 0.1) is 6.92 Å². The Kier molecular flexibility index (Phi) is 4.30. The fraction of sp³-hybridized carbons (Fsp3) is 0.231. The first kappa shape index (κ1) is 12.6. The SMILES string of the molecule is Cc1ncsc1CCOc1ccc(NC=O)cc1. The van der Waals surface area contributed by atoms with Gasteiger partial charge in [-0.3, -0.25) is 4.79 Å². The smallest absolute Gasteiger partial charge is 0.211 e. The molecule has 18 heavy (non-hydrogen) atoms. The first-order valence-electron chi connectivity index (χ1n) is 5.61. The fourth-order valence-electron chi connectivity index (χ4n) is 1.54. The zero-order chi connectivity index (χ0) is 12.8. The maximum Gasteiger partial charge on any atom is 0.211 e. The molecule has 1 N–H and O–H groups in total. The Balaban J connectivity index is 1.83. The summed E-state index contributed by atoms with van der Waals surface area (Å²) in [6.45, 7) is 2.63. The minimum absolute atomic E-state index is 0.628. The third-order valence-electron chi connectivity index (χ3n) is 2.52. The van der Waals surface area contributed by atoms with Crippen molar-refractivity contribution in [3.63, 3.8) is 0 Å². The van der Waals surface area contributed by atoms with E-state index >= 15 is 0 Å². The van der Waals surface area contributed by atoms with Crippen molar-refractivity contribution in [2.24, 2.45) is 0 Å². The molecule has 0 aliphatic carbocycles. The molecule has 0 unspecified atom stereocenters. The van der Waals surface area contributed by atoms with Crippen LogP contribution in [0.2, 0.25) is 0 Å². The zero-order valence-corrected chi connectivity index (χ0v) is 10.9. The number of ether oxygens (including phenoxy) is 1. The lowest BCUT2D eigenvalue weighted by molar-refractivity contribution is -0.105. The molecule has 0 aliphatic heterocycles. The van der Waals surface area contributed by atoms with Crippen LogP contribution in [0.15, 0.2) is 29.8 Å². The molecule has 0 aliphatic rings. The number of hydrogen-bond donors (Lipinski definition) is 1. The van der Waals surface area contributed by atoms with E-state index in [1.807, 2.05) is 36.7 Å². The minimum Gasteiger partial charge on any atom is -0.493 e. The summed E-state index contributed by atoms with van der Waals surface area (Å²) in [5.41, 5.74) is 3.69. The Hall–Kier alpha value is -1.88. The van der Waals surface area contributed by atoms with Crippen molar-refractivity contribution in [2.75, 3.05) is 11.9 Å². The molecule has 94 valence electrons. The summed E-state index contributed by atoms with van der Waals surface area (Å²) < 4.78 is 5.63. The Labute approximate surface area is 110 Å². The lowest BCUT2D eigenvalue weighted by Crippen LogP contribution is -2.01. The molecule has 0 saturated heterocycles. The summed E-state index contributed by atoms with van der Waals surface area (Å²) in [7, 11) is 0. The topological polar surface area (TPSA) is 51.2 Å². The van der Waals surface area contributed by atoms with Gasteiger partial charge in [-0.2, -0.15) is 0 Å². The zero-order valence-electron chi connectivity index (χ0n) is 10.1. The second kappa shape index (κ2) is 6.16. The van der Waals surface area contributed by atoms with Crippen molar-refractivity contribution in [1.29, 1.82) is 0 Å². The Bertz CT molecular complexity index is 508. The van der Waals surface area contributed by atoms with Gasteiger partial charge in [0, 0.05) is 17.0 Å². The van der Waals surface area contributed by atoms with Crippen LogP contribution < -0.4 is 10.1 Å². The van der Waals surface area contributed by atoms with Gasteiger partial charge in [-0.25, -0.2) is 4.98 Å². The Morgan fingerprint density at radius 2 is 2.17 bits per heavy atom. The van der Waals surface area contributed by atoms with Crippen molar-refractivity contribution in [2.45, 2.75) is 13.3 Å². The quantitative estimate of drug-likeness (QED) is 0.814. The number of amides is 1. The molecule has 0 saturated carbocycles. The second-order valence-electron chi connectivity index (χ2n) is 3.75. The molecule has 1 aromatic carbocycles. The summed E-state index contributed by atoms with van der Waals surface area (Å²) in [6, 6.07) is 7.29. The summed E-state index contributed by atoms with van der Waals surface area (Å²) >= 11 is 1.65. The van der Waals surface area contributed by atoms with Crippen LogP contribution in [-0.4, -0.2) is 18.0 Å². The van der Waals surface area contributed by atoms with Gasteiger partial charge in [0.25, 0.3) is 0 Å². The number of carbonyl (C=O) groups is 1. The summed E-state index contributed by atoms with van der Waals surface area (Å²) in [5.74, 6) is 0.800. The summed E-state index contributed by atoms with van der Waals surface area (Å²) in [5, 5.41) is 2.58. The number of thiazole rings is 1. The lowest BCUT2D eigenvalue weighted by Gasteiger charge is -2.06. The number of aromatic nitrogens is 1. The van der Waals surface area contributed by atoms with E-state index in [-0.39, 0.29) is 0 Å². The highest BCUT2D eigenvalue weighted by atomic mass is 32.1. The van der Waals surface area contributed by atoms with E-state index in [9.17, 15) is 4.79 Å². The number of carbonyl (C=O) groups excluding carboxylic acids is 1. The second-order valence-corrected chi connectivity index (χ2v) is 4.69. The van der Waals surface area contributed by atoms with Gasteiger partial charge in [0.2, 0.25) is 6.41 Å². The van der Waals surface area contributed by atoms with E-state index in [2.05, 4.69) is 10.3 Å². The van der Waals surface area contributed by atoms with Crippen molar-refractivity contribution >= 4 is 23.4 Å². The molecule has 5 heteroatoms. The van der Waals surface area contributed by atoms with Gasteiger partial charge in [-0.15, -0.1) is 11.3 Å². The van der Waals surface area contributed by atoms with E-state index in [0.717, 1.165) is 23.6 Å². The number of nitrogens with zero attached hydrogens (tertiary/aromatic N) is 1.